The van der Waals surface area contributed by atoms with Crippen molar-refractivity contribution in [2.75, 3.05) is 13.7 Å². The van der Waals surface area contributed by atoms with Crippen molar-refractivity contribution in [1.29, 1.82) is 0 Å². The maximum absolute atomic E-state index is 13.8. The number of hydrogen-bond donors (Lipinski definition) is 1. The number of ketones is 1. The van der Waals surface area contributed by atoms with Gasteiger partial charge in [0.1, 0.15) is 5.58 Å². The molecule has 1 N–H and O–H groups in total. The molecule has 0 aliphatic carbocycles. The zero-order valence-corrected chi connectivity index (χ0v) is 21.9. The van der Waals surface area contributed by atoms with Crippen LogP contribution in [-0.4, -0.2) is 40.4 Å². The monoisotopic (exact) mass is 526 g/mol. The van der Waals surface area contributed by atoms with Crippen molar-refractivity contribution in [3.63, 3.8) is 0 Å². The number of nitrogens with zero attached hydrogens (tertiary/aromatic N) is 2. The van der Waals surface area contributed by atoms with E-state index in [1.165, 1.54) is 4.90 Å². The summed E-state index contributed by atoms with van der Waals surface area (Å²) in [5.41, 5.74) is 1.89. The Labute approximate surface area is 226 Å². The first-order valence-corrected chi connectivity index (χ1v) is 13.0. The van der Waals surface area contributed by atoms with Crippen LogP contribution in [0.15, 0.2) is 88.8 Å². The number of unbranched alkanes of at least 4 members (excludes halogenated alkanes) is 2. The number of fused-ring (bicyclic) bond motifs is 1. The van der Waals surface area contributed by atoms with Gasteiger partial charge in [0.2, 0.25) is 5.78 Å². The predicted octanol–water partition coefficient (Wildman–Crippen LogP) is 6.18. The highest BCUT2D eigenvalue weighted by Crippen LogP contribution is 2.43. The number of rotatable bonds is 11. The highest BCUT2D eigenvalue weighted by molar-refractivity contribution is 6.16. The van der Waals surface area contributed by atoms with E-state index in [-0.39, 0.29) is 17.9 Å². The van der Waals surface area contributed by atoms with Crippen LogP contribution >= 0.6 is 0 Å². The Balaban J connectivity index is 1.55. The minimum atomic E-state index is -0.880. The summed E-state index contributed by atoms with van der Waals surface area (Å²) in [4.78, 5) is 32.7. The van der Waals surface area contributed by atoms with E-state index in [4.69, 9.17) is 13.9 Å². The van der Waals surface area contributed by atoms with Crippen LogP contribution in [0.25, 0.3) is 11.0 Å². The molecule has 0 radical (unpaired) electrons. The molecule has 5 rings (SSSR count). The number of furan rings is 1. The van der Waals surface area contributed by atoms with E-state index in [0.717, 1.165) is 30.2 Å². The summed E-state index contributed by atoms with van der Waals surface area (Å²) >= 11 is 0. The van der Waals surface area contributed by atoms with E-state index in [2.05, 4.69) is 11.9 Å². The van der Waals surface area contributed by atoms with Gasteiger partial charge in [0.15, 0.2) is 23.0 Å². The minimum absolute atomic E-state index is 0.0455. The standard InChI is InChI=1S/C31H30N2O6/c1-3-4-7-16-38-24-11-10-22(18-25(24)37-2)28-27(29(34)26-17-21-8-5-6-9-23(21)39-26)30(35)31(36)33(28)19-20-12-14-32-15-13-20/h5-6,8-15,17-18,28,35H,3-4,7,16,19H2,1-2H3. The molecule has 0 saturated heterocycles. The van der Waals surface area contributed by atoms with Gasteiger partial charge < -0.3 is 23.9 Å². The Hall–Kier alpha value is -4.59. The average molecular weight is 527 g/mol. The van der Waals surface area contributed by atoms with Crippen LogP contribution in [-0.2, 0) is 11.3 Å². The SMILES string of the molecule is CCCCCOc1ccc(C2C(C(=O)c3cc4ccccc4o3)=C(O)C(=O)N2Cc2ccncc2)cc1OC. The maximum Gasteiger partial charge on any atom is 0.290 e. The average Bonchev–Trinajstić information content (AvgIpc) is 3.51. The van der Waals surface area contributed by atoms with E-state index >= 15 is 0 Å². The van der Waals surface area contributed by atoms with E-state index < -0.39 is 23.5 Å². The Morgan fingerprint density at radius 2 is 1.85 bits per heavy atom. The van der Waals surface area contributed by atoms with Gasteiger partial charge in [0, 0.05) is 24.3 Å². The molecule has 0 spiro atoms. The molecule has 1 amide bonds. The number of carbonyl (C=O) groups is 2. The molecule has 1 aliphatic rings. The molecule has 0 fully saturated rings. The van der Waals surface area contributed by atoms with Gasteiger partial charge >= 0.3 is 0 Å². The van der Waals surface area contributed by atoms with Crippen LogP contribution in [0.2, 0.25) is 0 Å². The number of carbonyl (C=O) groups excluding carboxylic acids is 2. The lowest BCUT2D eigenvalue weighted by molar-refractivity contribution is -0.130. The molecule has 8 nitrogen and oxygen atoms in total. The van der Waals surface area contributed by atoms with E-state index in [1.54, 1.807) is 62.0 Å². The number of benzene rings is 2. The fraction of sp³-hybridized carbons (Fsp3) is 0.258. The Morgan fingerprint density at radius 3 is 2.59 bits per heavy atom. The van der Waals surface area contributed by atoms with Gasteiger partial charge in [-0.25, -0.2) is 0 Å². The fourth-order valence-corrected chi connectivity index (χ4v) is 4.81. The predicted molar refractivity (Wildman–Crippen MR) is 146 cm³/mol. The molecule has 2 aromatic carbocycles. The first-order chi connectivity index (χ1) is 19.0. The quantitative estimate of drug-likeness (QED) is 0.184. The molecule has 0 saturated carbocycles. The van der Waals surface area contributed by atoms with Crippen LogP contribution in [0.4, 0.5) is 0 Å². The summed E-state index contributed by atoms with van der Waals surface area (Å²) in [6.45, 7) is 2.84. The van der Waals surface area contributed by atoms with E-state index in [1.807, 2.05) is 18.2 Å². The summed E-state index contributed by atoms with van der Waals surface area (Å²) in [6.07, 6.45) is 6.33. The minimum Gasteiger partial charge on any atom is -0.503 e. The number of para-hydroxylation sites is 1. The fourth-order valence-electron chi connectivity index (χ4n) is 4.81. The first-order valence-electron chi connectivity index (χ1n) is 13.0. The lowest BCUT2D eigenvalue weighted by atomic mass is 9.94. The van der Waals surface area contributed by atoms with E-state index in [0.29, 0.717) is 29.3 Å². The molecule has 200 valence electrons. The van der Waals surface area contributed by atoms with Crippen LogP contribution in [0.5, 0.6) is 11.5 Å². The zero-order chi connectivity index (χ0) is 27.4. The number of Topliss-reactive ketones (excluding diaryl/α,β-unsaturated/α-hetero) is 1. The molecule has 2 aromatic heterocycles. The first kappa shape index (κ1) is 26.0. The number of hydrogen-bond acceptors (Lipinski definition) is 7. The summed E-state index contributed by atoms with van der Waals surface area (Å²) in [6, 6.07) is 16.9. The van der Waals surface area contributed by atoms with E-state index in [9.17, 15) is 14.7 Å². The van der Waals surface area contributed by atoms with Gasteiger partial charge in [0.05, 0.1) is 25.3 Å². The smallest absolute Gasteiger partial charge is 0.290 e. The molecular formula is C31H30N2O6. The topological polar surface area (TPSA) is 102 Å². The number of pyridine rings is 1. The number of aliphatic hydroxyl groups is 1. The maximum atomic E-state index is 13.8. The lowest BCUT2D eigenvalue weighted by Crippen LogP contribution is -2.30. The number of methoxy groups -OCH3 is 1. The largest absolute Gasteiger partial charge is 0.503 e. The molecule has 3 heterocycles. The third-order valence-electron chi connectivity index (χ3n) is 6.81. The summed E-state index contributed by atoms with van der Waals surface area (Å²) < 4.78 is 17.4. The lowest BCUT2D eigenvalue weighted by Gasteiger charge is -2.27. The van der Waals surface area contributed by atoms with Gasteiger partial charge in [-0.2, -0.15) is 0 Å². The normalized spacial score (nSPS) is 15.3. The van der Waals surface area contributed by atoms with Gasteiger partial charge in [0.25, 0.3) is 5.91 Å². The summed E-state index contributed by atoms with van der Waals surface area (Å²) in [5, 5.41) is 11.8. The Bertz CT molecular complexity index is 1490. The molecule has 39 heavy (non-hydrogen) atoms. The molecular weight excluding hydrogens is 496 g/mol. The van der Waals surface area contributed by atoms with Crippen LogP contribution in [0.3, 0.4) is 0 Å². The van der Waals surface area contributed by atoms with Crippen LogP contribution < -0.4 is 9.47 Å². The third kappa shape index (κ3) is 5.23. The highest BCUT2D eigenvalue weighted by atomic mass is 16.5. The molecule has 8 heteroatoms. The second kappa shape index (κ2) is 11.4. The van der Waals surface area contributed by atoms with Gasteiger partial charge in [-0.15, -0.1) is 0 Å². The molecule has 1 atom stereocenters. The summed E-state index contributed by atoms with van der Waals surface area (Å²) in [7, 11) is 1.54. The van der Waals surface area contributed by atoms with Crippen LogP contribution in [0, 0.1) is 0 Å². The number of aliphatic hydroxyl groups excluding tert-OH is 1. The number of amides is 1. The van der Waals surface area contributed by atoms with Gasteiger partial charge in [-0.05, 0) is 53.9 Å². The molecule has 1 unspecified atom stereocenters. The summed E-state index contributed by atoms with van der Waals surface area (Å²) in [5.74, 6) is -0.709. The van der Waals surface area contributed by atoms with Crippen molar-refractivity contribution in [3.8, 4) is 11.5 Å². The van der Waals surface area contributed by atoms with Gasteiger partial charge in [-0.1, -0.05) is 44.0 Å². The molecule has 1 aliphatic heterocycles. The highest BCUT2D eigenvalue weighted by Gasteiger charge is 2.44. The zero-order valence-electron chi connectivity index (χ0n) is 21.9. The Morgan fingerprint density at radius 1 is 1.05 bits per heavy atom. The molecule has 4 aromatic rings. The van der Waals surface area contributed by atoms with Gasteiger partial charge in [-0.3, -0.25) is 14.6 Å². The number of aromatic nitrogens is 1. The Kier molecular flexibility index (Phi) is 7.63. The second-order valence-corrected chi connectivity index (χ2v) is 9.40. The van der Waals surface area contributed by atoms with Crippen molar-refractivity contribution < 1.29 is 28.6 Å². The van der Waals surface area contributed by atoms with Crippen molar-refractivity contribution >= 4 is 22.7 Å². The van der Waals surface area contributed by atoms with Crippen LogP contribution in [0.1, 0.15) is 53.9 Å². The second-order valence-electron chi connectivity index (χ2n) is 9.40. The van der Waals surface area contributed by atoms with Crippen molar-refractivity contribution in [1.82, 2.24) is 9.88 Å². The third-order valence-corrected chi connectivity index (χ3v) is 6.81. The van der Waals surface area contributed by atoms with Crippen molar-refractivity contribution in [2.24, 2.45) is 0 Å². The van der Waals surface area contributed by atoms with Crippen molar-refractivity contribution in [3.05, 3.63) is 101 Å². The molecule has 0 bridgehead atoms. The number of ether oxygens (including phenoxy) is 2. The van der Waals surface area contributed by atoms with Crippen molar-refractivity contribution in [2.45, 2.75) is 38.8 Å².